The van der Waals surface area contributed by atoms with Crippen LogP contribution < -0.4 is 0 Å². The molecule has 0 aliphatic rings. The first-order chi connectivity index (χ1) is 10.8. The van der Waals surface area contributed by atoms with Crippen molar-refractivity contribution >= 4 is 10.9 Å². The summed E-state index contributed by atoms with van der Waals surface area (Å²) in [6.07, 6.45) is 1.82. The van der Waals surface area contributed by atoms with Crippen molar-refractivity contribution < 1.29 is 0 Å². The summed E-state index contributed by atoms with van der Waals surface area (Å²) in [5.74, 6) is 0. The van der Waals surface area contributed by atoms with Gasteiger partial charge in [0, 0.05) is 18.1 Å². The zero-order valence-corrected chi connectivity index (χ0v) is 13.2. The highest BCUT2D eigenvalue weighted by atomic mass is 15.1. The number of hydrogen-bond donors (Lipinski definition) is 0. The Bertz CT molecular complexity index is 749. The second kappa shape index (κ2) is 6.67. The van der Waals surface area contributed by atoms with Gasteiger partial charge >= 0.3 is 0 Å². The van der Waals surface area contributed by atoms with E-state index >= 15 is 0 Å². The average molecular weight is 291 g/mol. The second-order valence-electron chi connectivity index (χ2n) is 5.36. The van der Waals surface area contributed by atoms with E-state index in [-0.39, 0.29) is 0 Å². The lowest BCUT2D eigenvalue weighted by Gasteiger charge is -2.19. The summed E-state index contributed by atoms with van der Waals surface area (Å²) >= 11 is 0. The fourth-order valence-electron chi connectivity index (χ4n) is 2.71. The summed E-state index contributed by atoms with van der Waals surface area (Å²) in [5.41, 5.74) is 4.22. The van der Waals surface area contributed by atoms with Crippen LogP contribution in [-0.2, 0) is 6.54 Å². The molecule has 0 aliphatic carbocycles. The van der Waals surface area contributed by atoms with Gasteiger partial charge in [-0.15, -0.1) is 0 Å². The Balaban J connectivity index is 2.12. The first-order valence-corrected chi connectivity index (χ1v) is 7.84. The quantitative estimate of drug-likeness (QED) is 0.707. The molecule has 0 radical (unpaired) electrons. The Morgan fingerprint density at radius 3 is 2.41 bits per heavy atom. The summed E-state index contributed by atoms with van der Waals surface area (Å²) in [6, 6.07) is 16.5. The van der Waals surface area contributed by atoms with Gasteiger partial charge in [-0.05, 0) is 42.9 Å². The van der Waals surface area contributed by atoms with Gasteiger partial charge in [-0.3, -0.25) is 9.88 Å². The monoisotopic (exact) mass is 291 g/mol. The lowest BCUT2D eigenvalue weighted by molar-refractivity contribution is 0.297. The molecule has 3 aromatic rings. The van der Waals surface area contributed by atoms with Crippen LogP contribution in [-0.4, -0.2) is 28.0 Å². The number of aromatic nitrogens is 2. The minimum atomic E-state index is 0.925. The molecule has 0 aliphatic heterocycles. The molecule has 1 aromatic carbocycles. The van der Waals surface area contributed by atoms with Gasteiger partial charge in [0.1, 0.15) is 0 Å². The topological polar surface area (TPSA) is 29.0 Å². The number of para-hydroxylation sites is 1. The molecule has 0 saturated heterocycles. The van der Waals surface area contributed by atoms with Crippen LogP contribution in [0.4, 0.5) is 0 Å². The van der Waals surface area contributed by atoms with Crippen LogP contribution >= 0.6 is 0 Å². The molecule has 3 nitrogen and oxygen atoms in total. The van der Waals surface area contributed by atoms with Crippen molar-refractivity contribution in [2.24, 2.45) is 0 Å². The summed E-state index contributed by atoms with van der Waals surface area (Å²) in [5, 5.41) is 1.23. The molecule has 0 atom stereocenters. The molecule has 0 fully saturated rings. The van der Waals surface area contributed by atoms with Crippen molar-refractivity contribution in [3.63, 3.8) is 0 Å². The number of fused-ring (bicyclic) bond motifs is 1. The molecule has 0 spiro atoms. The lowest BCUT2D eigenvalue weighted by Crippen LogP contribution is -2.22. The normalized spacial score (nSPS) is 11.2. The molecule has 0 N–H and O–H groups in total. The molecule has 22 heavy (non-hydrogen) atoms. The molecular weight excluding hydrogens is 270 g/mol. The first kappa shape index (κ1) is 14.7. The van der Waals surface area contributed by atoms with Gasteiger partial charge in [0.25, 0.3) is 0 Å². The minimum Gasteiger partial charge on any atom is -0.300 e. The standard InChI is InChI=1S/C19H21N3/c1-3-22(4-2)14-15-13-19(18-11-7-8-12-20-18)21-17-10-6-5-9-16(15)17/h5-13H,3-4,14H2,1-2H3. The van der Waals surface area contributed by atoms with E-state index in [1.165, 1.54) is 10.9 Å². The second-order valence-corrected chi connectivity index (χ2v) is 5.36. The van der Waals surface area contributed by atoms with Crippen molar-refractivity contribution in [2.75, 3.05) is 13.1 Å². The number of nitrogens with zero attached hydrogens (tertiary/aromatic N) is 3. The fraction of sp³-hybridized carbons (Fsp3) is 0.263. The Labute approximate surface area is 131 Å². The van der Waals surface area contributed by atoms with E-state index in [0.717, 1.165) is 36.5 Å². The molecule has 2 heterocycles. The van der Waals surface area contributed by atoms with Gasteiger partial charge in [-0.2, -0.15) is 0 Å². The van der Waals surface area contributed by atoms with E-state index in [2.05, 4.69) is 48.0 Å². The van der Waals surface area contributed by atoms with Crippen molar-refractivity contribution in [1.82, 2.24) is 14.9 Å². The van der Waals surface area contributed by atoms with Crippen LogP contribution in [0, 0.1) is 0 Å². The van der Waals surface area contributed by atoms with E-state index in [4.69, 9.17) is 4.98 Å². The van der Waals surface area contributed by atoms with Gasteiger partial charge in [-0.25, -0.2) is 4.98 Å². The maximum atomic E-state index is 4.78. The van der Waals surface area contributed by atoms with Crippen LogP contribution in [0.1, 0.15) is 19.4 Å². The van der Waals surface area contributed by atoms with Gasteiger partial charge in [0.05, 0.1) is 16.9 Å². The maximum Gasteiger partial charge on any atom is 0.0897 e. The van der Waals surface area contributed by atoms with Crippen molar-refractivity contribution in [3.8, 4) is 11.4 Å². The predicted molar refractivity (Wildman–Crippen MR) is 91.6 cm³/mol. The van der Waals surface area contributed by atoms with Crippen molar-refractivity contribution in [2.45, 2.75) is 20.4 Å². The Kier molecular flexibility index (Phi) is 4.45. The predicted octanol–water partition coefficient (Wildman–Crippen LogP) is 4.14. The molecule has 2 aromatic heterocycles. The Hall–Kier alpha value is -2.26. The molecule has 3 heteroatoms. The molecule has 0 saturated carbocycles. The lowest BCUT2D eigenvalue weighted by atomic mass is 10.1. The third-order valence-corrected chi connectivity index (χ3v) is 4.02. The number of pyridine rings is 2. The van der Waals surface area contributed by atoms with Gasteiger partial charge in [0.15, 0.2) is 0 Å². The SMILES string of the molecule is CCN(CC)Cc1cc(-c2ccccn2)nc2ccccc12. The molecule has 3 rings (SSSR count). The first-order valence-electron chi connectivity index (χ1n) is 7.84. The average Bonchev–Trinajstić information content (AvgIpc) is 2.60. The zero-order valence-electron chi connectivity index (χ0n) is 13.2. The summed E-state index contributed by atoms with van der Waals surface area (Å²) in [7, 11) is 0. The summed E-state index contributed by atoms with van der Waals surface area (Å²) < 4.78 is 0. The fourth-order valence-corrected chi connectivity index (χ4v) is 2.71. The Morgan fingerprint density at radius 1 is 0.909 bits per heavy atom. The zero-order chi connectivity index (χ0) is 15.4. The number of hydrogen-bond acceptors (Lipinski definition) is 3. The molecule has 112 valence electrons. The van der Waals surface area contributed by atoms with Gasteiger partial charge in [-0.1, -0.05) is 38.1 Å². The van der Waals surface area contributed by atoms with Crippen LogP contribution in [0.15, 0.2) is 54.7 Å². The van der Waals surface area contributed by atoms with Crippen LogP contribution in [0.2, 0.25) is 0 Å². The molecule has 0 unspecified atom stereocenters. The van der Waals surface area contributed by atoms with E-state index < -0.39 is 0 Å². The van der Waals surface area contributed by atoms with Crippen LogP contribution in [0.3, 0.4) is 0 Å². The van der Waals surface area contributed by atoms with Gasteiger partial charge < -0.3 is 0 Å². The maximum absolute atomic E-state index is 4.78. The molecule has 0 bridgehead atoms. The highest BCUT2D eigenvalue weighted by Gasteiger charge is 2.10. The third-order valence-electron chi connectivity index (χ3n) is 4.02. The largest absolute Gasteiger partial charge is 0.300 e. The molecule has 0 amide bonds. The highest BCUT2D eigenvalue weighted by molar-refractivity contribution is 5.84. The molecular formula is C19H21N3. The minimum absolute atomic E-state index is 0.925. The van der Waals surface area contributed by atoms with Crippen LogP contribution in [0.5, 0.6) is 0 Å². The van der Waals surface area contributed by atoms with Crippen molar-refractivity contribution in [1.29, 1.82) is 0 Å². The summed E-state index contributed by atoms with van der Waals surface area (Å²) in [6.45, 7) is 7.44. The van der Waals surface area contributed by atoms with Gasteiger partial charge in [0.2, 0.25) is 0 Å². The third kappa shape index (κ3) is 3.00. The Morgan fingerprint density at radius 2 is 1.68 bits per heavy atom. The smallest absolute Gasteiger partial charge is 0.0897 e. The van der Waals surface area contributed by atoms with E-state index in [9.17, 15) is 0 Å². The number of rotatable bonds is 5. The van der Waals surface area contributed by atoms with E-state index in [1.54, 1.807) is 0 Å². The van der Waals surface area contributed by atoms with E-state index in [0.29, 0.717) is 0 Å². The number of benzene rings is 1. The van der Waals surface area contributed by atoms with E-state index in [1.807, 2.05) is 30.5 Å². The highest BCUT2D eigenvalue weighted by Crippen LogP contribution is 2.24. The van der Waals surface area contributed by atoms with Crippen molar-refractivity contribution in [3.05, 3.63) is 60.3 Å². The van der Waals surface area contributed by atoms with Crippen LogP contribution in [0.25, 0.3) is 22.3 Å². The summed E-state index contributed by atoms with van der Waals surface area (Å²) in [4.78, 5) is 11.6.